The standard InChI is InChI=1S/C19H26N4O3/c1-24-16-10-14(11-17(25-2)19(16)26-3)12-20-15-6-5-9-23(13-15)18-7-4-8-21-22-18/h4,7-8,10-11,15,20H,5-6,9,12-13H2,1-3H3. The number of benzene rings is 1. The average molecular weight is 358 g/mol. The Morgan fingerprint density at radius 3 is 2.54 bits per heavy atom. The molecular weight excluding hydrogens is 332 g/mol. The molecular formula is C19H26N4O3. The summed E-state index contributed by atoms with van der Waals surface area (Å²) in [6.07, 6.45) is 3.97. The number of nitrogens with zero attached hydrogens (tertiary/aromatic N) is 3. The van der Waals surface area contributed by atoms with Crippen molar-refractivity contribution in [2.24, 2.45) is 0 Å². The summed E-state index contributed by atoms with van der Waals surface area (Å²) < 4.78 is 16.2. The van der Waals surface area contributed by atoms with Crippen molar-refractivity contribution in [3.63, 3.8) is 0 Å². The summed E-state index contributed by atoms with van der Waals surface area (Å²) in [6.45, 7) is 2.67. The van der Waals surface area contributed by atoms with E-state index in [1.807, 2.05) is 24.3 Å². The van der Waals surface area contributed by atoms with Crippen LogP contribution in [0.5, 0.6) is 17.2 Å². The SMILES string of the molecule is COc1cc(CNC2CCCN(c3cccnn3)C2)cc(OC)c1OC. The van der Waals surface area contributed by atoms with Gasteiger partial charge in [0, 0.05) is 31.9 Å². The lowest BCUT2D eigenvalue weighted by Crippen LogP contribution is -2.45. The van der Waals surface area contributed by atoms with E-state index in [0.29, 0.717) is 23.3 Å². The molecule has 1 atom stereocenters. The summed E-state index contributed by atoms with van der Waals surface area (Å²) in [5.41, 5.74) is 1.09. The molecule has 1 aliphatic rings. The highest BCUT2D eigenvalue weighted by atomic mass is 16.5. The van der Waals surface area contributed by atoms with Crippen LogP contribution in [0.2, 0.25) is 0 Å². The van der Waals surface area contributed by atoms with Gasteiger partial charge in [-0.3, -0.25) is 0 Å². The number of nitrogens with one attached hydrogen (secondary N) is 1. The molecule has 0 bridgehead atoms. The van der Waals surface area contributed by atoms with Crippen molar-refractivity contribution >= 4 is 5.82 Å². The number of rotatable bonds is 7. The molecule has 3 rings (SSSR count). The lowest BCUT2D eigenvalue weighted by atomic mass is 10.0. The van der Waals surface area contributed by atoms with Crippen molar-refractivity contribution in [1.82, 2.24) is 15.5 Å². The molecule has 0 saturated carbocycles. The van der Waals surface area contributed by atoms with E-state index in [1.165, 1.54) is 0 Å². The molecule has 0 amide bonds. The molecule has 1 saturated heterocycles. The summed E-state index contributed by atoms with van der Waals surface area (Å²) in [5.74, 6) is 2.90. The highest BCUT2D eigenvalue weighted by Crippen LogP contribution is 2.38. The van der Waals surface area contributed by atoms with E-state index >= 15 is 0 Å². The van der Waals surface area contributed by atoms with E-state index in [1.54, 1.807) is 27.5 Å². The van der Waals surface area contributed by atoms with E-state index in [4.69, 9.17) is 14.2 Å². The molecule has 7 nitrogen and oxygen atoms in total. The van der Waals surface area contributed by atoms with Crippen LogP contribution in [0.4, 0.5) is 5.82 Å². The fraction of sp³-hybridized carbons (Fsp3) is 0.474. The molecule has 0 radical (unpaired) electrons. The van der Waals surface area contributed by atoms with Crippen LogP contribution in [0, 0.1) is 0 Å². The fourth-order valence-corrected chi connectivity index (χ4v) is 3.31. The fourth-order valence-electron chi connectivity index (χ4n) is 3.31. The number of aromatic nitrogens is 2. The topological polar surface area (TPSA) is 68.7 Å². The Balaban J connectivity index is 1.65. The number of hydrogen-bond donors (Lipinski definition) is 1. The van der Waals surface area contributed by atoms with Crippen molar-refractivity contribution in [2.45, 2.75) is 25.4 Å². The molecule has 2 heterocycles. The molecule has 0 spiro atoms. The van der Waals surface area contributed by atoms with E-state index in [0.717, 1.165) is 43.9 Å². The molecule has 26 heavy (non-hydrogen) atoms. The Labute approximate surface area is 154 Å². The maximum atomic E-state index is 5.43. The van der Waals surface area contributed by atoms with Gasteiger partial charge in [-0.15, -0.1) is 5.10 Å². The smallest absolute Gasteiger partial charge is 0.203 e. The maximum absolute atomic E-state index is 5.43. The van der Waals surface area contributed by atoms with Gasteiger partial charge >= 0.3 is 0 Å². The van der Waals surface area contributed by atoms with Gasteiger partial charge in [-0.2, -0.15) is 5.10 Å². The summed E-state index contributed by atoms with van der Waals surface area (Å²) in [7, 11) is 4.88. The second-order valence-corrected chi connectivity index (χ2v) is 6.28. The van der Waals surface area contributed by atoms with Crippen LogP contribution in [0.1, 0.15) is 18.4 Å². The van der Waals surface area contributed by atoms with Gasteiger partial charge in [0.05, 0.1) is 21.3 Å². The van der Waals surface area contributed by atoms with E-state index < -0.39 is 0 Å². The molecule has 1 unspecified atom stereocenters. The first kappa shape index (κ1) is 18.3. The van der Waals surface area contributed by atoms with Crippen molar-refractivity contribution in [3.8, 4) is 17.2 Å². The third-order valence-electron chi connectivity index (χ3n) is 4.62. The molecule has 2 aromatic rings. The lowest BCUT2D eigenvalue weighted by molar-refractivity contribution is 0.323. The molecule has 1 aromatic carbocycles. The molecule has 0 aliphatic carbocycles. The molecule has 140 valence electrons. The van der Waals surface area contributed by atoms with E-state index in [-0.39, 0.29) is 0 Å². The number of ether oxygens (including phenoxy) is 3. The van der Waals surface area contributed by atoms with Crippen LogP contribution in [-0.2, 0) is 6.54 Å². The Kier molecular flexibility index (Phi) is 6.12. The highest BCUT2D eigenvalue weighted by Gasteiger charge is 2.21. The first-order valence-electron chi connectivity index (χ1n) is 8.80. The van der Waals surface area contributed by atoms with Gasteiger partial charge in [-0.05, 0) is 42.7 Å². The zero-order valence-corrected chi connectivity index (χ0v) is 15.6. The molecule has 1 fully saturated rings. The zero-order chi connectivity index (χ0) is 18.4. The lowest BCUT2D eigenvalue weighted by Gasteiger charge is -2.33. The Hall–Kier alpha value is -2.54. The number of hydrogen-bond acceptors (Lipinski definition) is 7. The number of piperidine rings is 1. The second-order valence-electron chi connectivity index (χ2n) is 6.28. The Morgan fingerprint density at radius 1 is 1.15 bits per heavy atom. The minimum Gasteiger partial charge on any atom is -0.493 e. The summed E-state index contributed by atoms with van der Waals surface area (Å²) in [6, 6.07) is 8.30. The summed E-state index contributed by atoms with van der Waals surface area (Å²) >= 11 is 0. The molecule has 7 heteroatoms. The van der Waals surface area contributed by atoms with Gasteiger partial charge in [0.2, 0.25) is 5.75 Å². The quantitative estimate of drug-likeness (QED) is 0.814. The van der Waals surface area contributed by atoms with Crippen molar-refractivity contribution in [2.75, 3.05) is 39.3 Å². The first-order valence-corrected chi connectivity index (χ1v) is 8.80. The molecule has 1 aliphatic heterocycles. The normalized spacial score (nSPS) is 17.0. The van der Waals surface area contributed by atoms with Crippen molar-refractivity contribution in [1.29, 1.82) is 0 Å². The molecule has 1 aromatic heterocycles. The minimum absolute atomic E-state index is 0.393. The van der Waals surface area contributed by atoms with Crippen LogP contribution in [0.25, 0.3) is 0 Å². The van der Waals surface area contributed by atoms with Crippen LogP contribution >= 0.6 is 0 Å². The predicted octanol–water partition coefficient (Wildman–Crippen LogP) is 2.26. The van der Waals surface area contributed by atoms with Crippen LogP contribution in [0.15, 0.2) is 30.5 Å². The van der Waals surface area contributed by atoms with E-state index in [9.17, 15) is 0 Å². The van der Waals surface area contributed by atoms with Gasteiger partial charge in [-0.1, -0.05) is 0 Å². The Morgan fingerprint density at radius 2 is 1.92 bits per heavy atom. The minimum atomic E-state index is 0.393. The van der Waals surface area contributed by atoms with Crippen molar-refractivity contribution in [3.05, 3.63) is 36.0 Å². The van der Waals surface area contributed by atoms with Crippen LogP contribution in [0.3, 0.4) is 0 Å². The van der Waals surface area contributed by atoms with Gasteiger partial charge in [0.15, 0.2) is 17.3 Å². The predicted molar refractivity (Wildman–Crippen MR) is 100 cm³/mol. The second kappa shape index (κ2) is 8.71. The Bertz CT molecular complexity index is 686. The third-order valence-corrected chi connectivity index (χ3v) is 4.62. The largest absolute Gasteiger partial charge is 0.493 e. The van der Waals surface area contributed by atoms with Gasteiger partial charge < -0.3 is 24.4 Å². The summed E-state index contributed by atoms with van der Waals surface area (Å²) in [4.78, 5) is 2.28. The van der Waals surface area contributed by atoms with Crippen LogP contribution < -0.4 is 24.4 Å². The third kappa shape index (κ3) is 4.16. The number of methoxy groups -OCH3 is 3. The van der Waals surface area contributed by atoms with Gasteiger partial charge in [0.1, 0.15) is 0 Å². The number of anilines is 1. The average Bonchev–Trinajstić information content (AvgIpc) is 2.72. The van der Waals surface area contributed by atoms with Crippen LogP contribution in [-0.4, -0.2) is 50.7 Å². The maximum Gasteiger partial charge on any atom is 0.203 e. The van der Waals surface area contributed by atoms with Gasteiger partial charge in [-0.25, -0.2) is 0 Å². The first-order chi connectivity index (χ1) is 12.7. The van der Waals surface area contributed by atoms with E-state index in [2.05, 4.69) is 20.4 Å². The summed E-state index contributed by atoms with van der Waals surface area (Å²) in [5, 5.41) is 11.8. The monoisotopic (exact) mass is 358 g/mol. The van der Waals surface area contributed by atoms with Gasteiger partial charge in [0.25, 0.3) is 0 Å². The zero-order valence-electron chi connectivity index (χ0n) is 15.6. The highest BCUT2D eigenvalue weighted by molar-refractivity contribution is 5.53. The van der Waals surface area contributed by atoms with Crippen molar-refractivity contribution < 1.29 is 14.2 Å². The molecule has 1 N–H and O–H groups in total.